The van der Waals surface area contributed by atoms with Gasteiger partial charge in [-0.3, -0.25) is 24.1 Å². The molecular weight excluding hydrogens is 601 g/mol. The summed E-state index contributed by atoms with van der Waals surface area (Å²) < 4.78 is 44.8. The number of anilines is 2. The first-order valence-electron chi connectivity index (χ1n) is 16.2. The molecule has 0 radical (unpaired) electrons. The van der Waals surface area contributed by atoms with Crippen LogP contribution in [-0.4, -0.2) is 69.9 Å². The van der Waals surface area contributed by atoms with Crippen LogP contribution in [0.4, 0.5) is 24.7 Å². The molecule has 0 spiro atoms. The normalized spacial score (nSPS) is 21.5. The molecule has 2 aliphatic rings. The molecule has 2 aromatic rings. The minimum Gasteiger partial charge on any atom is -0.344 e. The summed E-state index contributed by atoms with van der Waals surface area (Å²) in [7, 11) is 0. The smallest absolute Gasteiger partial charge is 0.251 e. The topological polar surface area (TPSA) is 117 Å². The number of hydrogen-bond donors (Lipinski definition) is 2. The van der Waals surface area contributed by atoms with Crippen molar-refractivity contribution in [2.24, 2.45) is 11.8 Å². The van der Waals surface area contributed by atoms with Crippen molar-refractivity contribution >= 4 is 35.6 Å². The highest BCUT2D eigenvalue weighted by Gasteiger charge is 2.40. The van der Waals surface area contributed by atoms with Gasteiger partial charge in [0.15, 0.2) is 0 Å². The van der Waals surface area contributed by atoms with E-state index in [-0.39, 0.29) is 31.1 Å². The molecule has 2 N–H and O–H groups in total. The van der Waals surface area contributed by atoms with Crippen molar-refractivity contribution in [1.82, 2.24) is 20.0 Å². The van der Waals surface area contributed by atoms with E-state index >= 15 is 4.39 Å². The Morgan fingerprint density at radius 1 is 1.11 bits per heavy atom. The van der Waals surface area contributed by atoms with E-state index in [1.54, 1.807) is 36.9 Å². The Kier molecular flexibility index (Phi) is 11.5. The summed E-state index contributed by atoms with van der Waals surface area (Å²) in [6.45, 7) is 7.52. The first-order chi connectivity index (χ1) is 21.9. The maximum absolute atomic E-state index is 15.7. The van der Waals surface area contributed by atoms with Crippen LogP contribution in [0.15, 0.2) is 30.5 Å². The number of likely N-dealkylation sites (tertiary alicyclic amines) is 1. The van der Waals surface area contributed by atoms with Gasteiger partial charge in [0.1, 0.15) is 23.7 Å². The van der Waals surface area contributed by atoms with Crippen molar-refractivity contribution in [3.63, 3.8) is 0 Å². The fraction of sp³-hybridized carbons (Fsp3) is 0.606. The molecular formula is C33H45F3N6O4. The number of benzene rings is 1. The third-order valence-electron chi connectivity index (χ3n) is 9.43. The van der Waals surface area contributed by atoms with Gasteiger partial charge in [-0.05, 0) is 49.3 Å². The van der Waals surface area contributed by atoms with Gasteiger partial charge in [0, 0.05) is 50.9 Å². The first kappa shape index (κ1) is 35.0. The molecule has 0 bridgehead atoms. The number of aromatic nitrogens is 2. The monoisotopic (exact) mass is 646 g/mol. The molecule has 1 aromatic heterocycles. The lowest BCUT2D eigenvalue weighted by atomic mass is 9.78. The first-order valence-corrected chi connectivity index (χ1v) is 16.2. The van der Waals surface area contributed by atoms with E-state index in [9.17, 15) is 28.0 Å². The molecule has 1 saturated carbocycles. The average molecular weight is 647 g/mol. The number of piperidine rings is 1. The van der Waals surface area contributed by atoms with E-state index in [2.05, 4.69) is 22.7 Å². The molecule has 13 heteroatoms. The van der Waals surface area contributed by atoms with Crippen molar-refractivity contribution in [3.05, 3.63) is 41.8 Å². The van der Waals surface area contributed by atoms with Gasteiger partial charge in [-0.2, -0.15) is 5.10 Å². The number of halogens is 3. The van der Waals surface area contributed by atoms with Crippen LogP contribution in [0.5, 0.6) is 0 Å². The van der Waals surface area contributed by atoms with Crippen molar-refractivity contribution in [1.29, 1.82) is 0 Å². The Hall–Kier alpha value is -3.90. The maximum Gasteiger partial charge on any atom is 0.251 e. The molecule has 1 saturated heterocycles. The molecule has 46 heavy (non-hydrogen) atoms. The maximum atomic E-state index is 15.7. The van der Waals surface area contributed by atoms with Crippen LogP contribution < -0.4 is 15.5 Å². The Morgan fingerprint density at radius 2 is 1.78 bits per heavy atom. The number of nitrogens with zero attached hydrogens (tertiary/aromatic N) is 4. The summed E-state index contributed by atoms with van der Waals surface area (Å²) in [5, 5.41) is 9.63. The van der Waals surface area contributed by atoms with Crippen molar-refractivity contribution in [2.75, 3.05) is 23.3 Å². The van der Waals surface area contributed by atoms with Crippen LogP contribution in [0.25, 0.3) is 0 Å². The van der Waals surface area contributed by atoms with E-state index < -0.39 is 60.3 Å². The molecule has 2 heterocycles. The predicted octanol–water partition coefficient (Wildman–Crippen LogP) is 5.09. The number of amides is 4. The summed E-state index contributed by atoms with van der Waals surface area (Å²) in [6.07, 6.45) is 4.64. The van der Waals surface area contributed by atoms with Crippen molar-refractivity contribution < 1.29 is 32.3 Å². The number of hydrogen-bond acceptors (Lipinski definition) is 5. The average Bonchev–Trinajstić information content (AvgIpc) is 3.51. The van der Waals surface area contributed by atoms with Gasteiger partial charge in [-0.15, -0.1) is 0 Å². The van der Waals surface area contributed by atoms with Gasteiger partial charge in [-0.1, -0.05) is 39.7 Å². The van der Waals surface area contributed by atoms with E-state index in [0.717, 1.165) is 25.7 Å². The fourth-order valence-electron chi connectivity index (χ4n) is 6.46. The fourth-order valence-corrected chi connectivity index (χ4v) is 6.46. The van der Waals surface area contributed by atoms with Gasteiger partial charge in [-0.25, -0.2) is 17.9 Å². The number of aryl methyl sites for hydroxylation is 1. The molecule has 3 atom stereocenters. The molecule has 10 nitrogen and oxygen atoms in total. The summed E-state index contributed by atoms with van der Waals surface area (Å²) in [6, 6.07) is 3.84. The molecule has 0 unspecified atom stereocenters. The quantitative estimate of drug-likeness (QED) is 0.312. The highest BCUT2D eigenvalue weighted by Crippen LogP contribution is 2.35. The number of nitrogens with one attached hydrogen (secondary N) is 2. The minimum atomic E-state index is -2.84. The lowest BCUT2D eigenvalue weighted by Crippen LogP contribution is -2.53. The highest BCUT2D eigenvalue weighted by atomic mass is 19.3. The minimum absolute atomic E-state index is 0.0938. The molecule has 252 valence electrons. The number of carbonyl (C=O) groups is 4. The largest absolute Gasteiger partial charge is 0.344 e. The van der Waals surface area contributed by atoms with Crippen LogP contribution in [0, 0.1) is 17.7 Å². The Bertz CT molecular complexity index is 1380. The summed E-state index contributed by atoms with van der Waals surface area (Å²) >= 11 is 0. The second kappa shape index (κ2) is 15.1. The Morgan fingerprint density at radius 3 is 2.37 bits per heavy atom. The standard InChI is InChI=1S/C33H45F3N6O4/c1-5-27(44)39-29(32(46)40-17-14-33(35,36)15-18-40)22(4)24-11-12-26(25(34)19-24)38-31(45)30(23-9-7-21(3)8-10-23)41(20-43)28-13-16-37-42(28)6-2/h11-13,16,19-23,29-30H,5-10,14-15,17-18H2,1-4H3,(H,38,45)(H,39,44)/t21?,22-,23?,29+,30-/m0/s1. The van der Waals surface area contributed by atoms with Crippen molar-refractivity contribution in [2.45, 2.75) is 103 Å². The molecule has 4 amide bonds. The lowest BCUT2D eigenvalue weighted by molar-refractivity contribution is -0.142. The Labute approximate surface area is 268 Å². The van der Waals surface area contributed by atoms with Gasteiger partial charge in [0.2, 0.25) is 24.1 Å². The van der Waals surface area contributed by atoms with Gasteiger partial charge < -0.3 is 15.5 Å². The zero-order valence-corrected chi connectivity index (χ0v) is 27.0. The van der Waals surface area contributed by atoms with Gasteiger partial charge in [0.25, 0.3) is 5.92 Å². The van der Waals surface area contributed by atoms with E-state index in [4.69, 9.17) is 0 Å². The van der Waals surface area contributed by atoms with E-state index in [0.29, 0.717) is 30.3 Å². The molecule has 4 rings (SSSR count). The third kappa shape index (κ3) is 8.08. The van der Waals surface area contributed by atoms with Crippen LogP contribution in [0.2, 0.25) is 0 Å². The van der Waals surface area contributed by atoms with E-state index in [1.807, 2.05) is 6.92 Å². The number of alkyl halides is 2. The predicted molar refractivity (Wildman–Crippen MR) is 168 cm³/mol. The number of carbonyl (C=O) groups excluding carboxylic acids is 4. The lowest BCUT2D eigenvalue weighted by Gasteiger charge is -2.37. The third-order valence-corrected chi connectivity index (χ3v) is 9.43. The second-order valence-electron chi connectivity index (χ2n) is 12.6. The zero-order chi connectivity index (χ0) is 33.6. The molecule has 1 aliphatic carbocycles. The Balaban J connectivity index is 1.57. The van der Waals surface area contributed by atoms with Crippen LogP contribution in [0.3, 0.4) is 0 Å². The summed E-state index contributed by atoms with van der Waals surface area (Å²) in [4.78, 5) is 54.8. The second-order valence-corrected chi connectivity index (χ2v) is 12.6. The zero-order valence-electron chi connectivity index (χ0n) is 27.0. The number of rotatable bonds is 12. The van der Waals surface area contributed by atoms with Crippen LogP contribution >= 0.6 is 0 Å². The highest BCUT2D eigenvalue weighted by molar-refractivity contribution is 6.00. The summed E-state index contributed by atoms with van der Waals surface area (Å²) in [5.74, 6) is -4.90. The molecule has 1 aliphatic heterocycles. The molecule has 1 aromatic carbocycles. The van der Waals surface area contributed by atoms with E-state index in [1.165, 1.54) is 21.9 Å². The van der Waals surface area contributed by atoms with Gasteiger partial charge in [0.05, 0.1) is 11.9 Å². The van der Waals surface area contributed by atoms with Crippen LogP contribution in [-0.2, 0) is 25.7 Å². The molecule has 2 fully saturated rings. The van der Waals surface area contributed by atoms with Crippen molar-refractivity contribution in [3.8, 4) is 0 Å². The SMILES string of the molecule is CCC(=O)N[C@@H](C(=O)N1CCC(F)(F)CC1)[C@@H](C)c1ccc(NC(=O)[C@H](C2CCC(C)CC2)N(C=O)c2ccnn2CC)c(F)c1. The van der Waals surface area contributed by atoms with Gasteiger partial charge >= 0.3 is 0 Å². The summed E-state index contributed by atoms with van der Waals surface area (Å²) in [5.41, 5.74) is 0.287. The van der Waals surface area contributed by atoms with Crippen LogP contribution in [0.1, 0.15) is 84.1 Å².